The summed E-state index contributed by atoms with van der Waals surface area (Å²) >= 11 is 0. The highest BCUT2D eigenvalue weighted by Gasteiger charge is 2.24. The number of pyridine rings is 1. The van der Waals surface area contributed by atoms with E-state index in [9.17, 15) is 4.79 Å². The maximum Gasteiger partial charge on any atom is 0.188 e. The molecule has 0 aromatic carbocycles. The van der Waals surface area contributed by atoms with E-state index in [2.05, 4.69) is 17.1 Å². The van der Waals surface area contributed by atoms with Crippen LogP contribution in [-0.2, 0) is 11.2 Å². The van der Waals surface area contributed by atoms with Gasteiger partial charge in [0.05, 0.1) is 16.6 Å². The molecular formula is C15H9NO. The van der Waals surface area contributed by atoms with Crippen LogP contribution in [0, 0.1) is 0 Å². The number of nitrogens with zero attached hydrogens (tertiary/aromatic N) is 1. The van der Waals surface area contributed by atoms with Gasteiger partial charge in [0.25, 0.3) is 0 Å². The third kappa shape index (κ3) is 1.10. The van der Waals surface area contributed by atoms with E-state index in [-0.39, 0.29) is 5.78 Å². The summed E-state index contributed by atoms with van der Waals surface area (Å²) in [6, 6.07) is 2.15. The molecule has 2 heteroatoms. The third-order valence-corrected chi connectivity index (χ3v) is 3.42. The Balaban J connectivity index is 2.13. The number of allylic oxidation sites excluding steroid dienone is 5. The molecule has 0 atom stereocenters. The predicted molar refractivity (Wildman–Crippen MR) is 66.3 cm³/mol. The monoisotopic (exact) mass is 219 g/mol. The Labute approximate surface area is 98.0 Å². The van der Waals surface area contributed by atoms with E-state index in [1.807, 2.05) is 24.3 Å². The molecule has 0 fully saturated rings. The summed E-state index contributed by atoms with van der Waals surface area (Å²) in [5.74, 6) is 0.0830. The molecule has 17 heavy (non-hydrogen) atoms. The van der Waals surface area contributed by atoms with Crippen LogP contribution in [0.1, 0.15) is 11.3 Å². The van der Waals surface area contributed by atoms with Crippen molar-refractivity contribution < 1.29 is 4.79 Å². The Morgan fingerprint density at radius 2 is 2.00 bits per heavy atom. The summed E-state index contributed by atoms with van der Waals surface area (Å²) in [6.07, 6.45) is 12.3. The zero-order chi connectivity index (χ0) is 11.4. The van der Waals surface area contributed by atoms with E-state index in [1.54, 1.807) is 6.08 Å². The minimum atomic E-state index is 0.0830. The predicted octanol–water partition coefficient (Wildman–Crippen LogP) is 0.661. The van der Waals surface area contributed by atoms with Gasteiger partial charge in [-0.1, -0.05) is 24.3 Å². The Morgan fingerprint density at radius 1 is 1.12 bits per heavy atom. The first-order chi connectivity index (χ1) is 8.33. The normalized spacial score (nSPS) is 18.7. The number of ketones is 1. The molecular weight excluding hydrogens is 210 g/mol. The van der Waals surface area contributed by atoms with Crippen LogP contribution in [0.3, 0.4) is 0 Å². The van der Waals surface area contributed by atoms with Crippen molar-refractivity contribution >= 4 is 23.5 Å². The van der Waals surface area contributed by atoms with Crippen molar-refractivity contribution in [3.05, 3.63) is 57.8 Å². The minimum absolute atomic E-state index is 0.0830. The minimum Gasteiger partial charge on any atom is -0.289 e. The molecule has 2 nitrogen and oxygen atoms in total. The van der Waals surface area contributed by atoms with Crippen molar-refractivity contribution in [2.24, 2.45) is 0 Å². The van der Waals surface area contributed by atoms with Crippen LogP contribution in [0.15, 0.2) is 35.9 Å². The lowest BCUT2D eigenvalue weighted by molar-refractivity contribution is -0.109. The molecule has 3 aliphatic carbocycles. The van der Waals surface area contributed by atoms with E-state index in [4.69, 9.17) is 0 Å². The zero-order valence-corrected chi connectivity index (χ0v) is 9.10. The van der Waals surface area contributed by atoms with E-state index >= 15 is 0 Å². The standard InChI is InChI=1S/C15H9NO/c17-13-6-2-4-10-8-11-7-9-3-1-5-12(9)16-15(11)14(10)13/h1-7H,8H2. The second-order valence-electron chi connectivity index (χ2n) is 4.46. The number of fused-ring (bicyclic) bond motifs is 3. The Morgan fingerprint density at radius 3 is 2.94 bits per heavy atom. The largest absolute Gasteiger partial charge is 0.289 e. The van der Waals surface area contributed by atoms with Gasteiger partial charge in [-0.05, 0) is 29.4 Å². The average Bonchev–Trinajstić information content (AvgIpc) is 2.88. The average molecular weight is 219 g/mol. The molecule has 0 saturated heterocycles. The van der Waals surface area contributed by atoms with Crippen molar-refractivity contribution in [1.29, 1.82) is 0 Å². The van der Waals surface area contributed by atoms with Crippen LogP contribution in [0.4, 0.5) is 0 Å². The smallest absolute Gasteiger partial charge is 0.188 e. The number of rotatable bonds is 0. The van der Waals surface area contributed by atoms with Crippen molar-refractivity contribution in [3.8, 4) is 0 Å². The van der Waals surface area contributed by atoms with Gasteiger partial charge in [-0.3, -0.25) is 4.79 Å². The number of aromatic nitrogens is 1. The molecule has 80 valence electrons. The van der Waals surface area contributed by atoms with Crippen LogP contribution >= 0.6 is 0 Å². The molecule has 0 radical (unpaired) electrons. The lowest BCUT2D eigenvalue weighted by Crippen LogP contribution is -2.22. The van der Waals surface area contributed by atoms with E-state index in [0.29, 0.717) is 0 Å². The molecule has 1 aromatic heterocycles. The quantitative estimate of drug-likeness (QED) is 0.641. The van der Waals surface area contributed by atoms with Crippen molar-refractivity contribution in [2.75, 3.05) is 0 Å². The number of hydrogen-bond donors (Lipinski definition) is 0. The molecule has 0 saturated carbocycles. The van der Waals surface area contributed by atoms with E-state index < -0.39 is 0 Å². The SMILES string of the molecule is O=C1C=CC=C2Cc3cc4c(nc3=C12)C=CC=4. The second kappa shape index (κ2) is 2.92. The van der Waals surface area contributed by atoms with Crippen LogP contribution in [-0.4, -0.2) is 10.8 Å². The molecule has 0 unspecified atom stereocenters. The molecule has 3 aliphatic rings. The van der Waals surface area contributed by atoms with Gasteiger partial charge in [-0.15, -0.1) is 0 Å². The Kier molecular flexibility index (Phi) is 1.52. The van der Waals surface area contributed by atoms with Gasteiger partial charge in [-0.25, -0.2) is 4.98 Å². The lowest BCUT2D eigenvalue weighted by atomic mass is 9.99. The number of carbonyl (C=O) groups is 1. The van der Waals surface area contributed by atoms with Gasteiger partial charge < -0.3 is 0 Å². The first-order valence-corrected chi connectivity index (χ1v) is 5.67. The van der Waals surface area contributed by atoms with E-state index in [0.717, 1.165) is 33.8 Å². The first kappa shape index (κ1) is 8.88. The highest BCUT2D eigenvalue weighted by atomic mass is 16.1. The van der Waals surface area contributed by atoms with Gasteiger partial charge in [0.2, 0.25) is 0 Å². The molecule has 0 aliphatic heterocycles. The third-order valence-electron chi connectivity index (χ3n) is 3.42. The molecule has 0 bridgehead atoms. The second-order valence-corrected chi connectivity index (χ2v) is 4.46. The summed E-state index contributed by atoms with van der Waals surface area (Å²) in [6.45, 7) is 0. The van der Waals surface area contributed by atoms with Gasteiger partial charge >= 0.3 is 0 Å². The Bertz CT molecular complexity index is 776. The molecule has 0 spiro atoms. The summed E-state index contributed by atoms with van der Waals surface area (Å²) in [4.78, 5) is 16.5. The topological polar surface area (TPSA) is 30.0 Å². The van der Waals surface area contributed by atoms with Crippen LogP contribution < -0.4 is 10.6 Å². The molecule has 1 aromatic rings. The van der Waals surface area contributed by atoms with Gasteiger partial charge in [-0.2, -0.15) is 0 Å². The fourth-order valence-electron chi connectivity index (χ4n) is 2.65. The summed E-state index contributed by atoms with van der Waals surface area (Å²) in [7, 11) is 0. The van der Waals surface area contributed by atoms with Gasteiger partial charge in [0.1, 0.15) is 0 Å². The Hall–Kier alpha value is -2.22. The molecule has 4 rings (SSSR count). The highest BCUT2D eigenvalue weighted by Crippen LogP contribution is 2.24. The summed E-state index contributed by atoms with van der Waals surface area (Å²) in [5.41, 5.74) is 4.04. The maximum absolute atomic E-state index is 11.9. The number of hydrogen-bond acceptors (Lipinski definition) is 2. The highest BCUT2D eigenvalue weighted by molar-refractivity contribution is 6.27. The first-order valence-electron chi connectivity index (χ1n) is 5.67. The van der Waals surface area contributed by atoms with Crippen molar-refractivity contribution in [2.45, 2.75) is 6.42 Å². The van der Waals surface area contributed by atoms with Crippen molar-refractivity contribution in [3.63, 3.8) is 0 Å². The van der Waals surface area contributed by atoms with Crippen LogP contribution in [0.25, 0.3) is 17.7 Å². The molecule has 1 heterocycles. The number of carbonyl (C=O) groups excluding carboxylic acids is 1. The fourth-order valence-corrected chi connectivity index (χ4v) is 2.65. The van der Waals surface area contributed by atoms with Crippen LogP contribution in [0.5, 0.6) is 0 Å². The fraction of sp³-hybridized carbons (Fsp3) is 0.0667. The van der Waals surface area contributed by atoms with Crippen LogP contribution in [0.2, 0.25) is 0 Å². The lowest BCUT2D eigenvalue weighted by Gasteiger charge is -2.03. The molecule has 0 amide bonds. The summed E-state index contributed by atoms with van der Waals surface area (Å²) in [5, 5.41) is 2.04. The zero-order valence-electron chi connectivity index (χ0n) is 9.10. The molecule has 0 N–H and O–H groups in total. The van der Waals surface area contributed by atoms with E-state index in [1.165, 1.54) is 5.56 Å². The maximum atomic E-state index is 11.9. The van der Waals surface area contributed by atoms with Crippen molar-refractivity contribution in [1.82, 2.24) is 4.98 Å². The van der Waals surface area contributed by atoms with Gasteiger partial charge in [0.15, 0.2) is 5.78 Å². The summed E-state index contributed by atoms with van der Waals surface area (Å²) < 4.78 is 0. The van der Waals surface area contributed by atoms with Gasteiger partial charge in [0, 0.05) is 11.6 Å².